The zero-order valence-electron chi connectivity index (χ0n) is 21.5. The highest BCUT2D eigenvalue weighted by molar-refractivity contribution is 5.88. The maximum absolute atomic E-state index is 12.3. The number of aryl methyl sites for hydroxylation is 1. The molecule has 188 valence electrons. The van der Waals surface area contributed by atoms with Crippen molar-refractivity contribution in [3.63, 3.8) is 0 Å². The van der Waals surface area contributed by atoms with E-state index in [-0.39, 0.29) is 6.09 Å². The molecule has 0 aliphatic carbocycles. The summed E-state index contributed by atoms with van der Waals surface area (Å²) in [6, 6.07) is 4.28. The van der Waals surface area contributed by atoms with E-state index in [4.69, 9.17) is 19.7 Å². The third kappa shape index (κ3) is 6.39. The molecule has 0 saturated carbocycles. The molecule has 34 heavy (non-hydrogen) atoms. The molecule has 1 amide bonds. The number of hydrogen-bond donors (Lipinski definition) is 1. The van der Waals surface area contributed by atoms with Crippen molar-refractivity contribution in [2.75, 3.05) is 26.3 Å². The van der Waals surface area contributed by atoms with Crippen LogP contribution in [0.2, 0.25) is 0 Å². The molecule has 1 aromatic carbocycles. The van der Waals surface area contributed by atoms with E-state index in [9.17, 15) is 4.79 Å². The number of piperidine rings is 1. The molecular formula is C27H41N3O4. The maximum atomic E-state index is 12.3. The number of rotatable bonds is 5. The molecule has 0 unspecified atom stereocenters. The fraction of sp³-hybridized carbons (Fsp3) is 0.630. The third-order valence-electron chi connectivity index (χ3n) is 6.39. The zero-order valence-corrected chi connectivity index (χ0v) is 21.5. The normalized spacial score (nSPS) is 17.2. The summed E-state index contributed by atoms with van der Waals surface area (Å²) < 4.78 is 16.7. The summed E-state index contributed by atoms with van der Waals surface area (Å²) >= 11 is 0. The van der Waals surface area contributed by atoms with E-state index in [1.54, 1.807) is 0 Å². The Hall–Kier alpha value is -2.38. The molecule has 1 fully saturated rings. The number of fused-ring (bicyclic) bond motifs is 1. The van der Waals surface area contributed by atoms with E-state index >= 15 is 0 Å². The van der Waals surface area contributed by atoms with E-state index in [1.165, 1.54) is 5.57 Å². The third-order valence-corrected chi connectivity index (χ3v) is 6.39. The summed E-state index contributed by atoms with van der Waals surface area (Å²) in [6.45, 7) is 13.0. The summed E-state index contributed by atoms with van der Waals surface area (Å²) in [5.41, 5.74) is 10.9. The molecule has 0 bridgehead atoms. The lowest BCUT2D eigenvalue weighted by Gasteiger charge is -2.33. The standard InChI is InChI=1S/C25H35N3O4.C2H6/c1-25(2,3)31-24(29)28-12-8-17(9-13-28)4-7-22-20-6-5-19(18-10-14-30-15-11-18)21(16-26)23(20)32-27-22;1-2/h5-6,10,17H,4,7-9,11-16,26H2,1-3H3;1-2H3. The van der Waals surface area contributed by atoms with E-state index in [0.29, 0.717) is 19.1 Å². The van der Waals surface area contributed by atoms with Gasteiger partial charge in [0.2, 0.25) is 0 Å². The Morgan fingerprint density at radius 2 is 1.97 bits per heavy atom. The molecular weight excluding hydrogens is 430 g/mol. The number of carbonyl (C=O) groups is 1. The highest BCUT2D eigenvalue weighted by atomic mass is 16.6. The number of amides is 1. The van der Waals surface area contributed by atoms with Crippen molar-refractivity contribution < 1.29 is 18.8 Å². The summed E-state index contributed by atoms with van der Waals surface area (Å²) in [6.07, 6.45) is 6.69. The van der Waals surface area contributed by atoms with Crippen molar-refractivity contribution in [3.8, 4) is 0 Å². The van der Waals surface area contributed by atoms with Crippen LogP contribution in [0.25, 0.3) is 16.5 Å². The van der Waals surface area contributed by atoms with Gasteiger partial charge in [-0.2, -0.15) is 0 Å². The highest BCUT2D eigenvalue weighted by Crippen LogP contribution is 2.33. The predicted molar refractivity (Wildman–Crippen MR) is 136 cm³/mol. The van der Waals surface area contributed by atoms with E-state index in [0.717, 1.165) is 79.6 Å². The minimum atomic E-state index is -0.453. The van der Waals surface area contributed by atoms with Gasteiger partial charge in [-0.1, -0.05) is 31.1 Å². The average molecular weight is 472 g/mol. The number of nitrogens with two attached hydrogens (primary N) is 1. The van der Waals surface area contributed by atoms with E-state index in [1.807, 2.05) is 39.5 Å². The fourth-order valence-electron chi connectivity index (χ4n) is 4.64. The van der Waals surface area contributed by atoms with E-state index in [2.05, 4.69) is 23.4 Å². The van der Waals surface area contributed by atoms with Gasteiger partial charge in [0.05, 0.1) is 18.9 Å². The second-order valence-electron chi connectivity index (χ2n) is 9.81. The second kappa shape index (κ2) is 11.8. The van der Waals surface area contributed by atoms with Gasteiger partial charge in [0.1, 0.15) is 5.60 Å². The Bertz CT molecular complexity index is 982. The number of hydrogen-bond acceptors (Lipinski definition) is 6. The Kier molecular flexibility index (Phi) is 9.14. The second-order valence-corrected chi connectivity index (χ2v) is 9.81. The van der Waals surface area contributed by atoms with Gasteiger partial charge in [-0.25, -0.2) is 4.79 Å². The van der Waals surface area contributed by atoms with Crippen molar-refractivity contribution in [3.05, 3.63) is 35.0 Å². The number of carbonyl (C=O) groups excluding carboxylic acids is 1. The van der Waals surface area contributed by atoms with Crippen LogP contribution in [0, 0.1) is 5.92 Å². The van der Waals surface area contributed by atoms with Gasteiger partial charge in [-0.3, -0.25) is 0 Å². The first-order valence-electron chi connectivity index (χ1n) is 12.7. The van der Waals surface area contributed by atoms with Gasteiger partial charge in [0, 0.05) is 30.6 Å². The Morgan fingerprint density at radius 3 is 2.59 bits per heavy atom. The molecule has 1 aromatic heterocycles. The number of ether oxygens (including phenoxy) is 2. The highest BCUT2D eigenvalue weighted by Gasteiger charge is 2.27. The number of benzene rings is 1. The minimum absolute atomic E-state index is 0.205. The zero-order chi connectivity index (χ0) is 24.7. The number of nitrogens with zero attached hydrogens (tertiary/aromatic N) is 2. The molecule has 3 heterocycles. The van der Waals surface area contributed by atoms with Crippen molar-refractivity contribution in [2.24, 2.45) is 11.7 Å². The van der Waals surface area contributed by atoms with Crippen LogP contribution in [0.5, 0.6) is 0 Å². The van der Waals surface area contributed by atoms with Crippen LogP contribution in [0.1, 0.15) is 77.1 Å². The lowest BCUT2D eigenvalue weighted by Crippen LogP contribution is -2.41. The SMILES string of the molecule is CC.CC(C)(C)OC(=O)N1CCC(CCc2noc3c(CN)c(C4=CCOCC4)ccc23)CC1. The Morgan fingerprint density at radius 1 is 1.24 bits per heavy atom. The molecule has 0 spiro atoms. The molecule has 2 N–H and O–H groups in total. The van der Waals surface area contributed by atoms with Gasteiger partial charge in [0.15, 0.2) is 5.58 Å². The van der Waals surface area contributed by atoms with Crippen molar-refractivity contribution >= 4 is 22.6 Å². The van der Waals surface area contributed by atoms with Crippen LogP contribution in [-0.4, -0.2) is 48.1 Å². The summed E-state index contributed by atoms with van der Waals surface area (Å²) in [5.74, 6) is 0.570. The largest absolute Gasteiger partial charge is 0.444 e. The quantitative estimate of drug-likeness (QED) is 0.602. The molecule has 4 rings (SSSR count). The van der Waals surface area contributed by atoms with Gasteiger partial charge in [0.25, 0.3) is 0 Å². The smallest absolute Gasteiger partial charge is 0.410 e. The average Bonchev–Trinajstić information content (AvgIpc) is 3.26. The van der Waals surface area contributed by atoms with Crippen molar-refractivity contribution in [2.45, 2.75) is 78.9 Å². The van der Waals surface area contributed by atoms with Crippen LogP contribution >= 0.6 is 0 Å². The summed E-state index contributed by atoms with van der Waals surface area (Å²) in [7, 11) is 0. The van der Waals surface area contributed by atoms with Crippen LogP contribution in [0.3, 0.4) is 0 Å². The number of aromatic nitrogens is 1. The predicted octanol–water partition coefficient (Wildman–Crippen LogP) is 5.70. The van der Waals surface area contributed by atoms with Gasteiger partial charge < -0.3 is 24.6 Å². The van der Waals surface area contributed by atoms with Gasteiger partial charge in [-0.05, 0) is 76.0 Å². The topological polar surface area (TPSA) is 90.8 Å². The van der Waals surface area contributed by atoms with Crippen LogP contribution in [0.4, 0.5) is 4.79 Å². The Labute approximate surface area is 203 Å². The fourth-order valence-corrected chi connectivity index (χ4v) is 4.64. The van der Waals surface area contributed by atoms with Crippen molar-refractivity contribution in [1.82, 2.24) is 10.1 Å². The van der Waals surface area contributed by atoms with Gasteiger partial charge in [-0.15, -0.1) is 0 Å². The molecule has 7 nitrogen and oxygen atoms in total. The lowest BCUT2D eigenvalue weighted by molar-refractivity contribution is 0.0181. The van der Waals surface area contributed by atoms with E-state index < -0.39 is 5.60 Å². The monoisotopic (exact) mass is 471 g/mol. The number of likely N-dealkylation sites (tertiary alicyclic amines) is 1. The molecule has 0 radical (unpaired) electrons. The van der Waals surface area contributed by atoms with Crippen LogP contribution in [0.15, 0.2) is 22.7 Å². The molecule has 1 saturated heterocycles. The minimum Gasteiger partial charge on any atom is -0.444 e. The van der Waals surface area contributed by atoms with Crippen molar-refractivity contribution in [1.29, 1.82) is 0 Å². The summed E-state index contributed by atoms with van der Waals surface area (Å²) in [5, 5.41) is 5.46. The summed E-state index contributed by atoms with van der Waals surface area (Å²) in [4.78, 5) is 14.1. The van der Waals surface area contributed by atoms with Crippen LogP contribution in [-0.2, 0) is 22.4 Å². The lowest BCUT2D eigenvalue weighted by atomic mass is 9.90. The first kappa shape index (κ1) is 26.2. The Balaban J connectivity index is 0.00000158. The molecule has 7 heteroatoms. The van der Waals surface area contributed by atoms with Gasteiger partial charge >= 0.3 is 6.09 Å². The maximum Gasteiger partial charge on any atom is 0.410 e. The van der Waals surface area contributed by atoms with Crippen LogP contribution < -0.4 is 5.73 Å². The molecule has 2 aliphatic rings. The first-order chi connectivity index (χ1) is 16.4. The molecule has 2 aromatic rings. The molecule has 0 atom stereocenters. The first-order valence-corrected chi connectivity index (χ1v) is 12.7. The molecule has 2 aliphatic heterocycles.